The maximum atomic E-state index is 5.09. The minimum absolute atomic E-state index is 0.755. The summed E-state index contributed by atoms with van der Waals surface area (Å²) >= 11 is 0. The number of hydrazone groups is 1. The molecule has 0 aliphatic rings. The molecule has 0 saturated heterocycles. The second-order valence-electron chi connectivity index (χ2n) is 2.44. The van der Waals surface area contributed by atoms with Crippen LogP contribution in [0, 0.1) is 6.92 Å². The van der Waals surface area contributed by atoms with Crippen molar-refractivity contribution in [1.29, 1.82) is 0 Å². The number of rotatable bonds is 1. The van der Waals surface area contributed by atoms with Gasteiger partial charge in [-0.2, -0.15) is 5.10 Å². The lowest BCUT2D eigenvalue weighted by Crippen LogP contribution is -2.01. The number of nitrogens with two attached hydrogens (primary N) is 1. The van der Waals surface area contributed by atoms with Gasteiger partial charge in [0.15, 0.2) is 0 Å². The van der Waals surface area contributed by atoms with E-state index in [-0.39, 0.29) is 0 Å². The summed E-state index contributed by atoms with van der Waals surface area (Å²) in [6.45, 7) is 3.82. The molecule has 58 valence electrons. The van der Waals surface area contributed by atoms with E-state index >= 15 is 0 Å². The van der Waals surface area contributed by atoms with Crippen LogP contribution in [0.5, 0.6) is 0 Å². The average Bonchev–Trinajstić information content (AvgIpc) is 2.05. The van der Waals surface area contributed by atoms with E-state index in [0.29, 0.717) is 0 Å². The summed E-state index contributed by atoms with van der Waals surface area (Å²) in [6, 6.07) is 3.89. The Balaban J connectivity index is 2.99. The first-order chi connectivity index (χ1) is 5.24. The van der Waals surface area contributed by atoms with Crippen LogP contribution >= 0.6 is 0 Å². The Kier molecular flexibility index (Phi) is 2.21. The van der Waals surface area contributed by atoms with Crippen molar-refractivity contribution in [3.63, 3.8) is 0 Å². The maximum Gasteiger partial charge on any atom is 0.0859 e. The molecule has 11 heavy (non-hydrogen) atoms. The first-order valence-electron chi connectivity index (χ1n) is 3.41. The second kappa shape index (κ2) is 3.14. The fourth-order valence-corrected chi connectivity index (χ4v) is 0.748. The van der Waals surface area contributed by atoms with Crippen molar-refractivity contribution < 1.29 is 0 Å². The van der Waals surface area contributed by atoms with Gasteiger partial charge in [0.1, 0.15) is 0 Å². The minimum Gasteiger partial charge on any atom is -0.323 e. The lowest BCUT2D eigenvalue weighted by Gasteiger charge is -1.97. The highest BCUT2D eigenvalue weighted by Gasteiger charge is 1.95. The van der Waals surface area contributed by atoms with Crippen molar-refractivity contribution in [3.05, 3.63) is 29.6 Å². The summed E-state index contributed by atoms with van der Waals surface area (Å²) in [7, 11) is 0. The quantitative estimate of drug-likeness (QED) is 0.369. The standard InChI is InChI=1S/C8H11N3/c1-6-3-4-8(10-5-6)7(2)11-9/h3-5H,9H2,1-2H3. The van der Waals surface area contributed by atoms with E-state index in [2.05, 4.69) is 10.1 Å². The van der Waals surface area contributed by atoms with E-state index < -0.39 is 0 Å². The van der Waals surface area contributed by atoms with E-state index in [9.17, 15) is 0 Å². The second-order valence-corrected chi connectivity index (χ2v) is 2.44. The van der Waals surface area contributed by atoms with Crippen LogP contribution in [-0.2, 0) is 0 Å². The van der Waals surface area contributed by atoms with Crippen LogP contribution in [-0.4, -0.2) is 10.7 Å². The molecule has 1 aromatic heterocycles. The third-order valence-corrected chi connectivity index (χ3v) is 1.48. The molecule has 0 aliphatic carbocycles. The normalized spacial score (nSPS) is 11.6. The molecule has 1 heterocycles. The Hall–Kier alpha value is -1.38. The molecular weight excluding hydrogens is 138 g/mol. The van der Waals surface area contributed by atoms with Crippen molar-refractivity contribution >= 4 is 5.71 Å². The molecule has 1 rings (SSSR count). The third kappa shape index (κ3) is 1.77. The summed E-state index contributed by atoms with van der Waals surface area (Å²) in [5, 5.41) is 3.54. The summed E-state index contributed by atoms with van der Waals surface area (Å²) in [6.07, 6.45) is 1.80. The van der Waals surface area contributed by atoms with Gasteiger partial charge in [-0.15, -0.1) is 0 Å². The van der Waals surface area contributed by atoms with Gasteiger partial charge in [-0.25, -0.2) is 0 Å². The lowest BCUT2D eigenvalue weighted by atomic mass is 10.2. The predicted octanol–water partition coefficient (Wildman–Crippen LogP) is 1.07. The van der Waals surface area contributed by atoms with E-state index in [1.54, 1.807) is 6.20 Å². The Bertz CT molecular complexity index is 261. The highest BCUT2D eigenvalue weighted by molar-refractivity contribution is 5.96. The van der Waals surface area contributed by atoms with Gasteiger partial charge in [-0.3, -0.25) is 4.98 Å². The van der Waals surface area contributed by atoms with E-state index in [1.807, 2.05) is 26.0 Å². The molecular formula is C8H11N3. The van der Waals surface area contributed by atoms with Crippen LogP contribution in [0.3, 0.4) is 0 Å². The van der Waals surface area contributed by atoms with Crippen LogP contribution in [0.15, 0.2) is 23.4 Å². The van der Waals surface area contributed by atoms with Crippen molar-refractivity contribution in [3.8, 4) is 0 Å². The summed E-state index contributed by atoms with van der Waals surface area (Å²) in [5.41, 5.74) is 2.72. The highest BCUT2D eigenvalue weighted by atomic mass is 15.1. The van der Waals surface area contributed by atoms with Crippen molar-refractivity contribution in [1.82, 2.24) is 4.98 Å². The molecule has 0 saturated carbocycles. The van der Waals surface area contributed by atoms with Crippen LogP contribution in [0.1, 0.15) is 18.2 Å². The number of aromatic nitrogens is 1. The summed E-state index contributed by atoms with van der Waals surface area (Å²) in [5.74, 6) is 5.09. The molecule has 3 nitrogen and oxygen atoms in total. The van der Waals surface area contributed by atoms with Crippen molar-refractivity contribution in [2.45, 2.75) is 13.8 Å². The largest absolute Gasteiger partial charge is 0.323 e. The van der Waals surface area contributed by atoms with Crippen LogP contribution < -0.4 is 5.84 Å². The zero-order valence-corrected chi connectivity index (χ0v) is 6.70. The molecule has 1 aromatic rings. The monoisotopic (exact) mass is 149 g/mol. The summed E-state index contributed by atoms with van der Waals surface area (Å²) < 4.78 is 0. The molecule has 0 bridgehead atoms. The minimum atomic E-state index is 0.755. The maximum absolute atomic E-state index is 5.09. The van der Waals surface area contributed by atoms with Gasteiger partial charge >= 0.3 is 0 Å². The highest BCUT2D eigenvalue weighted by Crippen LogP contribution is 1.98. The van der Waals surface area contributed by atoms with Gasteiger partial charge in [0.2, 0.25) is 0 Å². The number of hydrogen-bond donors (Lipinski definition) is 1. The fourth-order valence-electron chi connectivity index (χ4n) is 0.748. The molecule has 3 heteroatoms. The van der Waals surface area contributed by atoms with Crippen LogP contribution in [0.4, 0.5) is 0 Å². The molecule has 0 fully saturated rings. The smallest absolute Gasteiger partial charge is 0.0859 e. The number of hydrogen-bond acceptors (Lipinski definition) is 3. The molecule has 0 radical (unpaired) electrons. The third-order valence-electron chi connectivity index (χ3n) is 1.48. The zero-order chi connectivity index (χ0) is 8.27. The van der Waals surface area contributed by atoms with Gasteiger partial charge in [0, 0.05) is 6.20 Å². The van der Waals surface area contributed by atoms with E-state index in [1.165, 1.54) is 0 Å². The Labute approximate surface area is 66.0 Å². The Morgan fingerprint density at radius 2 is 2.27 bits per heavy atom. The Morgan fingerprint density at radius 3 is 2.73 bits per heavy atom. The average molecular weight is 149 g/mol. The first-order valence-corrected chi connectivity index (χ1v) is 3.41. The van der Waals surface area contributed by atoms with E-state index in [4.69, 9.17) is 5.84 Å². The zero-order valence-electron chi connectivity index (χ0n) is 6.70. The molecule has 0 spiro atoms. The number of nitrogens with zero attached hydrogens (tertiary/aromatic N) is 2. The van der Waals surface area contributed by atoms with Crippen molar-refractivity contribution in [2.75, 3.05) is 0 Å². The predicted molar refractivity (Wildman–Crippen MR) is 45.4 cm³/mol. The molecule has 0 unspecified atom stereocenters. The molecule has 0 atom stereocenters. The van der Waals surface area contributed by atoms with Crippen LogP contribution in [0.2, 0.25) is 0 Å². The molecule has 0 aliphatic heterocycles. The Morgan fingerprint density at radius 1 is 1.55 bits per heavy atom. The van der Waals surface area contributed by atoms with Gasteiger partial charge in [0.05, 0.1) is 11.4 Å². The molecule has 0 aromatic carbocycles. The van der Waals surface area contributed by atoms with E-state index in [0.717, 1.165) is 17.0 Å². The lowest BCUT2D eigenvalue weighted by molar-refractivity contribution is 1.19. The first kappa shape index (κ1) is 7.72. The number of aryl methyl sites for hydroxylation is 1. The molecule has 0 amide bonds. The van der Waals surface area contributed by atoms with Gasteiger partial charge < -0.3 is 5.84 Å². The van der Waals surface area contributed by atoms with Gasteiger partial charge in [-0.1, -0.05) is 6.07 Å². The summed E-state index contributed by atoms with van der Waals surface area (Å²) in [4.78, 5) is 4.14. The van der Waals surface area contributed by atoms with Gasteiger partial charge in [0.25, 0.3) is 0 Å². The van der Waals surface area contributed by atoms with Gasteiger partial charge in [-0.05, 0) is 25.5 Å². The fraction of sp³-hybridized carbons (Fsp3) is 0.250. The molecule has 2 N–H and O–H groups in total. The SMILES string of the molecule is CC(=NN)c1ccc(C)cn1. The van der Waals surface area contributed by atoms with Crippen molar-refractivity contribution in [2.24, 2.45) is 10.9 Å². The number of pyridine rings is 1. The topological polar surface area (TPSA) is 51.3 Å². The van der Waals surface area contributed by atoms with Crippen LogP contribution in [0.25, 0.3) is 0 Å².